The smallest absolute Gasteiger partial charge is 0.407 e. The summed E-state index contributed by atoms with van der Waals surface area (Å²) < 4.78 is 5.33. The highest BCUT2D eigenvalue weighted by Gasteiger charge is 2.29. The fourth-order valence-electron chi connectivity index (χ4n) is 2.86. The summed E-state index contributed by atoms with van der Waals surface area (Å²) in [5, 5.41) is 12.8. The molecule has 1 heterocycles. The zero-order valence-corrected chi connectivity index (χ0v) is 14.2. The molecule has 0 aliphatic carbocycles. The number of likely N-dealkylation sites (N-methyl/N-ethyl adjacent to an activating group) is 1. The van der Waals surface area contributed by atoms with Gasteiger partial charge in [0, 0.05) is 19.1 Å². The number of hydrogen-bond donors (Lipinski definition) is 2. The lowest BCUT2D eigenvalue weighted by atomic mass is 9.89. The van der Waals surface area contributed by atoms with Crippen molar-refractivity contribution in [2.45, 2.75) is 71.6 Å². The second-order valence-electron chi connectivity index (χ2n) is 7.09. The van der Waals surface area contributed by atoms with E-state index in [9.17, 15) is 9.90 Å². The van der Waals surface area contributed by atoms with Gasteiger partial charge in [0.25, 0.3) is 0 Å². The largest absolute Gasteiger partial charge is 0.444 e. The van der Waals surface area contributed by atoms with Gasteiger partial charge >= 0.3 is 6.09 Å². The van der Waals surface area contributed by atoms with Gasteiger partial charge < -0.3 is 20.1 Å². The van der Waals surface area contributed by atoms with E-state index >= 15 is 0 Å². The third-order valence-electron chi connectivity index (χ3n) is 3.86. The lowest BCUT2D eigenvalue weighted by molar-refractivity contribution is 0.0422. The normalized spacial score (nSPS) is 25.4. The molecule has 1 fully saturated rings. The van der Waals surface area contributed by atoms with Crippen LogP contribution in [0.1, 0.15) is 53.9 Å². The van der Waals surface area contributed by atoms with Crippen molar-refractivity contribution in [1.29, 1.82) is 0 Å². The van der Waals surface area contributed by atoms with Crippen LogP contribution in [0.4, 0.5) is 4.79 Å². The van der Waals surface area contributed by atoms with E-state index < -0.39 is 5.60 Å². The van der Waals surface area contributed by atoms with Crippen molar-refractivity contribution in [3.05, 3.63) is 0 Å². The number of nitrogens with one attached hydrogen (secondary N) is 1. The molecule has 5 nitrogen and oxygen atoms in total. The van der Waals surface area contributed by atoms with Gasteiger partial charge in [0.05, 0.1) is 6.10 Å². The maximum Gasteiger partial charge on any atom is 0.407 e. The predicted molar refractivity (Wildman–Crippen MR) is 84.3 cm³/mol. The molecular formula is C16H32N2O3. The van der Waals surface area contributed by atoms with Crippen LogP contribution >= 0.6 is 0 Å². The van der Waals surface area contributed by atoms with Gasteiger partial charge in [0.2, 0.25) is 0 Å². The lowest BCUT2D eigenvalue weighted by Crippen LogP contribution is -2.51. The van der Waals surface area contributed by atoms with E-state index in [-0.39, 0.29) is 18.2 Å². The van der Waals surface area contributed by atoms with Crippen LogP contribution in [0.2, 0.25) is 0 Å². The standard InChI is InChI=1S/C16H32N2O3/c1-6-14(19)9-12-8-13(11-18(7-2)10-12)17-15(20)21-16(3,4)5/h12-14,19H,6-11H2,1-5H3,(H,17,20). The molecule has 21 heavy (non-hydrogen) atoms. The highest BCUT2D eigenvalue weighted by Crippen LogP contribution is 2.22. The van der Waals surface area contributed by atoms with E-state index in [1.165, 1.54) is 0 Å². The fourth-order valence-corrected chi connectivity index (χ4v) is 2.86. The number of likely N-dealkylation sites (tertiary alicyclic amines) is 1. The Morgan fingerprint density at radius 2 is 2.05 bits per heavy atom. The van der Waals surface area contributed by atoms with Crippen LogP contribution in [-0.2, 0) is 4.74 Å². The third-order valence-corrected chi connectivity index (χ3v) is 3.86. The Morgan fingerprint density at radius 1 is 1.38 bits per heavy atom. The second kappa shape index (κ2) is 7.99. The topological polar surface area (TPSA) is 61.8 Å². The van der Waals surface area contributed by atoms with Crippen LogP contribution < -0.4 is 5.32 Å². The summed E-state index contributed by atoms with van der Waals surface area (Å²) in [6.07, 6.45) is 1.91. The number of aliphatic hydroxyl groups excluding tert-OH is 1. The first-order valence-corrected chi connectivity index (χ1v) is 8.13. The average Bonchev–Trinajstić information content (AvgIpc) is 2.35. The van der Waals surface area contributed by atoms with Gasteiger partial charge in [-0.1, -0.05) is 13.8 Å². The Hall–Kier alpha value is -0.810. The Kier molecular flexibility index (Phi) is 6.94. The summed E-state index contributed by atoms with van der Waals surface area (Å²) in [5.41, 5.74) is -0.471. The molecule has 0 bridgehead atoms. The molecule has 0 spiro atoms. The second-order valence-corrected chi connectivity index (χ2v) is 7.09. The molecule has 5 heteroatoms. The summed E-state index contributed by atoms with van der Waals surface area (Å²) in [5.74, 6) is 0.425. The summed E-state index contributed by atoms with van der Waals surface area (Å²) in [6.45, 7) is 12.6. The number of ether oxygens (including phenoxy) is 1. The molecule has 1 saturated heterocycles. The maximum atomic E-state index is 11.9. The molecule has 1 aliphatic heterocycles. The van der Waals surface area contributed by atoms with Crippen molar-refractivity contribution in [3.63, 3.8) is 0 Å². The molecule has 0 aromatic carbocycles. The van der Waals surface area contributed by atoms with Crippen LogP contribution in [0.5, 0.6) is 0 Å². The monoisotopic (exact) mass is 300 g/mol. The molecule has 0 radical (unpaired) electrons. The summed E-state index contributed by atoms with van der Waals surface area (Å²) in [6, 6.07) is 0.0996. The van der Waals surface area contributed by atoms with E-state index in [1.54, 1.807) is 0 Å². The molecule has 1 aliphatic rings. The molecule has 2 N–H and O–H groups in total. The van der Waals surface area contributed by atoms with Crippen LogP contribution in [0.15, 0.2) is 0 Å². The molecule has 1 rings (SSSR count). The van der Waals surface area contributed by atoms with Crippen molar-refractivity contribution in [2.24, 2.45) is 5.92 Å². The van der Waals surface area contributed by atoms with Gasteiger partial charge in [-0.2, -0.15) is 0 Å². The van der Waals surface area contributed by atoms with Crippen molar-refractivity contribution >= 4 is 6.09 Å². The molecule has 0 aromatic rings. The zero-order chi connectivity index (χ0) is 16.0. The number of hydrogen-bond acceptors (Lipinski definition) is 4. The van der Waals surface area contributed by atoms with Crippen LogP contribution in [0, 0.1) is 5.92 Å². The van der Waals surface area contributed by atoms with E-state index in [0.29, 0.717) is 5.92 Å². The summed E-state index contributed by atoms with van der Waals surface area (Å²) in [4.78, 5) is 14.2. The quantitative estimate of drug-likeness (QED) is 0.818. The Labute approximate surface area is 129 Å². The number of aliphatic hydroxyl groups is 1. The van der Waals surface area contributed by atoms with Crippen molar-refractivity contribution < 1.29 is 14.6 Å². The first kappa shape index (κ1) is 18.2. The van der Waals surface area contributed by atoms with E-state index in [2.05, 4.69) is 17.1 Å². The molecule has 1 amide bonds. The van der Waals surface area contributed by atoms with E-state index in [0.717, 1.165) is 38.9 Å². The van der Waals surface area contributed by atoms with Gasteiger partial charge in [-0.25, -0.2) is 4.79 Å². The van der Waals surface area contributed by atoms with Gasteiger partial charge in [-0.15, -0.1) is 0 Å². The fraction of sp³-hybridized carbons (Fsp3) is 0.938. The number of amides is 1. The van der Waals surface area contributed by atoms with Gasteiger partial charge in [0.15, 0.2) is 0 Å². The number of carbonyl (C=O) groups excluding carboxylic acids is 1. The molecular weight excluding hydrogens is 268 g/mol. The van der Waals surface area contributed by atoms with Gasteiger partial charge in [0.1, 0.15) is 5.60 Å². The summed E-state index contributed by atoms with van der Waals surface area (Å²) >= 11 is 0. The minimum atomic E-state index is -0.471. The predicted octanol–water partition coefficient (Wildman–Crippen LogP) is 2.38. The number of carbonyl (C=O) groups is 1. The Balaban J connectivity index is 2.54. The first-order valence-electron chi connectivity index (χ1n) is 8.13. The minimum Gasteiger partial charge on any atom is -0.444 e. The highest BCUT2D eigenvalue weighted by atomic mass is 16.6. The number of piperidine rings is 1. The maximum absolute atomic E-state index is 11.9. The molecule has 0 aromatic heterocycles. The highest BCUT2D eigenvalue weighted by molar-refractivity contribution is 5.68. The van der Waals surface area contributed by atoms with Crippen molar-refractivity contribution in [3.8, 4) is 0 Å². The number of nitrogens with zero attached hydrogens (tertiary/aromatic N) is 1. The van der Waals surface area contributed by atoms with E-state index in [1.807, 2.05) is 27.7 Å². The Bertz CT molecular complexity index is 326. The summed E-state index contributed by atoms with van der Waals surface area (Å²) in [7, 11) is 0. The zero-order valence-electron chi connectivity index (χ0n) is 14.2. The minimum absolute atomic E-state index is 0.0996. The molecule has 0 saturated carbocycles. The lowest BCUT2D eigenvalue weighted by Gasteiger charge is -2.38. The van der Waals surface area contributed by atoms with Crippen LogP contribution in [-0.4, -0.2) is 53.5 Å². The number of rotatable bonds is 5. The SMILES string of the molecule is CCC(O)CC1CC(NC(=O)OC(C)(C)C)CN(CC)C1. The molecule has 3 atom stereocenters. The first-order chi connectivity index (χ1) is 9.73. The van der Waals surface area contributed by atoms with Crippen LogP contribution in [0.25, 0.3) is 0 Å². The van der Waals surface area contributed by atoms with Crippen molar-refractivity contribution in [1.82, 2.24) is 10.2 Å². The third kappa shape index (κ3) is 7.14. The number of alkyl carbamates (subject to hydrolysis) is 1. The Morgan fingerprint density at radius 3 is 2.57 bits per heavy atom. The van der Waals surface area contributed by atoms with Crippen molar-refractivity contribution in [2.75, 3.05) is 19.6 Å². The average molecular weight is 300 g/mol. The van der Waals surface area contributed by atoms with Gasteiger partial charge in [-0.05, 0) is 52.5 Å². The van der Waals surface area contributed by atoms with E-state index in [4.69, 9.17) is 4.74 Å². The molecule has 3 unspecified atom stereocenters. The molecule has 124 valence electrons. The van der Waals surface area contributed by atoms with Gasteiger partial charge in [-0.3, -0.25) is 0 Å². The van der Waals surface area contributed by atoms with Crippen LogP contribution in [0.3, 0.4) is 0 Å².